The molecular weight excluding hydrogens is 400 g/mol. The average molecular weight is 429 g/mol. The van der Waals surface area contributed by atoms with Gasteiger partial charge in [-0.25, -0.2) is 0 Å². The van der Waals surface area contributed by atoms with Gasteiger partial charge in [0.2, 0.25) is 5.91 Å². The van der Waals surface area contributed by atoms with Gasteiger partial charge in [0.25, 0.3) is 5.91 Å². The van der Waals surface area contributed by atoms with Gasteiger partial charge in [0.1, 0.15) is 6.04 Å². The normalized spacial score (nSPS) is 15.9. The number of thioether (sulfide) groups is 1. The molecule has 3 rings (SSSR count). The molecule has 1 heterocycles. The van der Waals surface area contributed by atoms with Gasteiger partial charge in [-0.05, 0) is 69.2 Å². The lowest BCUT2D eigenvalue weighted by molar-refractivity contribution is -0.119. The molecule has 2 aromatic carbocycles. The third-order valence-corrected chi connectivity index (χ3v) is 6.01. The fourth-order valence-corrected chi connectivity index (χ4v) is 4.38. The number of anilines is 1. The van der Waals surface area contributed by atoms with Gasteiger partial charge in [-0.3, -0.25) is 9.59 Å². The van der Waals surface area contributed by atoms with E-state index in [1.54, 1.807) is 42.0 Å². The fourth-order valence-electron chi connectivity index (χ4n) is 3.22. The van der Waals surface area contributed by atoms with Crippen LogP contribution in [0, 0.1) is 13.8 Å². The molecule has 1 aliphatic rings. The molecule has 0 saturated carbocycles. The molecule has 160 valence electrons. The monoisotopic (exact) mass is 428 g/mol. The van der Waals surface area contributed by atoms with Gasteiger partial charge in [0.05, 0.1) is 19.1 Å². The number of nitrogens with one attached hydrogen (secondary N) is 1. The summed E-state index contributed by atoms with van der Waals surface area (Å²) < 4.78 is 11.1. The summed E-state index contributed by atoms with van der Waals surface area (Å²) in [5.41, 5.74) is 3.48. The first-order valence-corrected chi connectivity index (χ1v) is 11.1. The van der Waals surface area contributed by atoms with Crippen LogP contribution in [-0.4, -0.2) is 47.6 Å². The van der Waals surface area contributed by atoms with Gasteiger partial charge in [0.15, 0.2) is 11.5 Å². The molecule has 1 N–H and O–H groups in total. The number of hydrogen-bond acceptors (Lipinski definition) is 5. The van der Waals surface area contributed by atoms with Crippen molar-refractivity contribution in [2.75, 3.05) is 24.1 Å². The molecule has 0 aliphatic carbocycles. The minimum atomic E-state index is -0.526. The SMILES string of the molecule is COc1cc(C(=O)N2CSC[C@@H]2C(=O)Nc2ccc(C)c(C)c2)ccc1OC(C)C. The molecule has 0 unspecified atom stereocenters. The van der Waals surface area contributed by atoms with Crippen molar-refractivity contribution in [3.05, 3.63) is 53.1 Å². The number of hydrogen-bond donors (Lipinski definition) is 1. The van der Waals surface area contributed by atoms with E-state index in [0.29, 0.717) is 28.7 Å². The summed E-state index contributed by atoms with van der Waals surface area (Å²) in [5.74, 6) is 1.74. The van der Waals surface area contributed by atoms with Crippen LogP contribution in [0.3, 0.4) is 0 Å². The lowest BCUT2D eigenvalue weighted by Crippen LogP contribution is -2.44. The summed E-state index contributed by atoms with van der Waals surface area (Å²) in [5, 5.41) is 2.95. The Morgan fingerprint density at radius 1 is 1.10 bits per heavy atom. The Balaban J connectivity index is 1.76. The van der Waals surface area contributed by atoms with Crippen molar-refractivity contribution in [3.63, 3.8) is 0 Å². The number of benzene rings is 2. The molecule has 1 atom stereocenters. The van der Waals surface area contributed by atoms with Gasteiger partial charge in [-0.15, -0.1) is 11.8 Å². The molecule has 2 aromatic rings. The lowest BCUT2D eigenvalue weighted by Gasteiger charge is -2.24. The quantitative estimate of drug-likeness (QED) is 0.745. The Morgan fingerprint density at radius 3 is 2.53 bits per heavy atom. The maximum atomic E-state index is 13.2. The molecule has 0 aromatic heterocycles. The van der Waals surface area contributed by atoms with Crippen molar-refractivity contribution in [3.8, 4) is 11.5 Å². The summed E-state index contributed by atoms with van der Waals surface area (Å²) in [6.07, 6.45) is -0.00563. The van der Waals surface area contributed by atoms with Crippen molar-refractivity contribution in [2.24, 2.45) is 0 Å². The minimum absolute atomic E-state index is 0.00563. The van der Waals surface area contributed by atoms with Crippen molar-refractivity contribution < 1.29 is 19.1 Å². The number of carbonyl (C=O) groups excluding carboxylic acids is 2. The zero-order valence-corrected chi connectivity index (χ0v) is 18.8. The topological polar surface area (TPSA) is 67.9 Å². The highest BCUT2D eigenvalue weighted by atomic mass is 32.2. The lowest BCUT2D eigenvalue weighted by atomic mass is 10.1. The van der Waals surface area contributed by atoms with Crippen molar-refractivity contribution >= 4 is 29.3 Å². The Morgan fingerprint density at radius 2 is 1.87 bits per heavy atom. The molecule has 1 fully saturated rings. The van der Waals surface area contributed by atoms with Gasteiger partial charge >= 0.3 is 0 Å². The van der Waals surface area contributed by atoms with Crippen LogP contribution in [0.15, 0.2) is 36.4 Å². The van der Waals surface area contributed by atoms with Crippen LogP contribution in [0.4, 0.5) is 5.69 Å². The number of rotatable bonds is 6. The highest BCUT2D eigenvalue weighted by Gasteiger charge is 2.35. The van der Waals surface area contributed by atoms with Gasteiger partial charge < -0.3 is 19.7 Å². The smallest absolute Gasteiger partial charge is 0.255 e. The number of carbonyl (C=O) groups is 2. The first-order valence-electron chi connectivity index (χ1n) is 9.91. The second-order valence-electron chi connectivity index (χ2n) is 7.61. The second-order valence-corrected chi connectivity index (χ2v) is 8.61. The maximum Gasteiger partial charge on any atom is 0.255 e. The molecule has 0 radical (unpaired) electrons. The van der Waals surface area contributed by atoms with Crippen molar-refractivity contribution in [1.29, 1.82) is 0 Å². The van der Waals surface area contributed by atoms with E-state index in [1.807, 2.05) is 45.9 Å². The van der Waals surface area contributed by atoms with Crippen LogP contribution in [0.2, 0.25) is 0 Å². The Bertz CT molecular complexity index is 945. The minimum Gasteiger partial charge on any atom is -0.493 e. The molecule has 2 amide bonds. The fraction of sp³-hybridized carbons (Fsp3) is 0.391. The number of methoxy groups -OCH3 is 1. The van der Waals surface area contributed by atoms with Crippen LogP contribution >= 0.6 is 11.8 Å². The van der Waals surface area contributed by atoms with E-state index in [9.17, 15) is 9.59 Å². The van der Waals surface area contributed by atoms with Crippen LogP contribution in [0.25, 0.3) is 0 Å². The maximum absolute atomic E-state index is 13.2. The Kier molecular flexibility index (Phi) is 6.92. The van der Waals surface area contributed by atoms with E-state index in [0.717, 1.165) is 11.3 Å². The van der Waals surface area contributed by atoms with Crippen LogP contribution < -0.4 is 14.8 Å². The number of nitrogens with zero attached hydrogens (tertiary/aromatic N) is 1. The Hall–Kier alpha value is -2.67. The molecule has 0 spiro atoms. The third-order valence-electron chi connectivity index (χ3n) is 4.99. The summed E-state index contributed by atoms with van der Waals surface area (Å²) >= 11 is 1.57. The van der Waals surface area contributed by atoms with E-state index >= 15 is 0 Å². The predicted molar refractivity (Wildman–Crippen MR) is 121 cm³/mol. The highest BCUT2D eigenvalue weighted by Crippen LogP contribution is 2.31. The zero-order chi connectivity index (χ0) is 21.8. The van der Waals surface area contributed by atoms with Gasteiger partial charge in [-0.1, -0.05) is 6.07 Å². The molecule has 1 aliphatic heterocycles. The summed E-state index contributed by atoms with van der Waals surface area (Å²) in [4.78, 5) is 27.7. The molecule has 7 heteroatoms. The number of amides is 2. The van der Waals surface area contributed by atoms with Gasteiger partial charge in [0, 0.05) is 17.0 Å². The average Bonchev–Trinajstić information content (AvgIpc) is 3.20. The first-order chi connectivity index (χ1) is 14.3. The first kappa shape index (κ1) is 22.0. The third kappa shape index (κ3) is 4.90. The van der Waals surface area contributed by atoms with E-state index in [2.05, 4.69) is 5.32 Å². The van der Waals surface area contributed by atoms with Crippen LogP contribution in [-0.2, 0) is 4.79 Å². The van der Waals surface area contributed by atoms with Crippen molar-refractivity contribution in [2.45, 2.75) is 39.8 Å². The van der Waals surface area contributed by atoms with Gasteiger partial charge in [-0.2, -0.15) is 0 Å². The number of aryl methyl sites for hydroxylation is 2. The summed E-state index contributed by atoms with van der Waals surface area (Å²) in [7, 11) is 1.54. The van der Waals surface area contributed by atoms with E-state index in [4.69, 9.17) is 9.47 Å². The molecule has 30 heavy (non-hydrogen) atoms. The molecular formula is C23H28N2O4S. The molecule has 0 bridgehead atoms. The predicted octanol–water partition coefficient (Wildman–Crippen LogP) is 4.25. The molecule has 6 nitrogen and oxygen atoms in total. The van der Waals surface area contributed by atoms with E-state index < -0.39 is 6.04 Å². The summed E-state index contributed by atoms with van der Waals surface area (Å²) in [6.45, 7) is 7.89. The summed E-state index contributed by atoms with van der Waals surface area (Å²) in [6, 6.07) is 10.4. The highest BCUT2D eigenvalue weighted by molar-refractivity contribution is 7.99. The Labute approximate surface area is 181 Å². The van der Waals surface area contributed by atoms with Crippen LogP contribution in [0.5, 0.6) is 11.5 Å². The molecule has 1 saturated heterocycles. The second kappa shape index (κ2) is 9.43. The largest absolute Gasteiger partial charge is 0.493 e. The van der Waals surface area contributed by atoms with E-state index in [-0.39, 0.29) is 17.9 Å². The standard InChI is InChI=1S/C23H28N2O4S/c1-14(2)29-20-9-7-17(11-21(20)28-5)23(27)25-13-30-12-19(25)22(26)24-18-8-6-15(3)16(4)10-18/h6-11,14,19H,12-13H2,1-5H3,(H,24,26)/t19-/m1/s1. The van der Waals surface area contributed by atoms with Crippen molar-refractivity contribution in [1.82, 2.24) is 4.90 Å². The number of ether oxygens (including phenoxy) is 2. The van der Waals surface area contributed by atoms with Crippen LogP contribution in [0.1, 0.15) is 35.3 Å². The zero-order valence-electron chi connectivity index (χ0n) is 18.0. The van der Waals surface area contributed by atoms with E-state index in [1.165, 1.54) is 5.56 Å².